The van der Waals surface area contributed by atoms with Crippen LogP contribution in [0.25, 0.3) is 0 Å². The normalized spacial score (nSPS) is 12.2. The SMILES string of the molecule is Cc1ccc([N+](=O)[O-])c(NC(=S)NC(=O)c2ccc3c(c2)OCCO3)c1C. The van der Waals surface area contributed by atoms with Gasteiger partial charge in [0, 0.05) is 11.6 Å². The molecular formula is C18H17N3O5S. The minimum Gasteiger partial charge on any atom is -0.486 e. The van der Waals surface area contributed by atoms with Gasteiger partial charge in [0.05, 0.1) is 4.92 Å². The molecule has 0 spiro atoms. The van der Waals surface area contributed by atoms with Crippen LogP contribution in [0.1, 0.15) is 21.5 Å². The topological polar surface area (TPSA) is 103 Å². The highest BCUT2D eigenvalue weighted by Gasteiger charge is 2.20. The van der Waals surface area contributed by atoms with E-state index in [1.807, 2.05) is 6.92 Å². The van der Waals surface area contributed by atoms with E-state index in [0.29, 0.717) is 35.8 Å². The summed E-state index contributed by atoms with van der Waals surface area (Å²) in [4.78, 5) is 23.2. The lowest BCUT2D eigenvalue weighted by Gasteiger charge is -2.19. The number of carbonyl (C=O) groups is 1. The van der Waals surface area contributed by atoms with E-state index >= 15 is 0 Å². The van der Waals surface area contributed by atoms with Crippen LogP contribution >= 0.6 is 12.2 Å². The Morgan fingerprint density at radius 1 is 1.15 bits per heavy atom. The van der Waals surface area contributed by atoms with Gasteiger partial charge in [-0.3, -0.25) is 20.2 Å². The van der Waals surface area contributed by atoms with Gasteiger partial charge in [0.2, 0.25) is 0 Å². The van der Waals surface area contributed by atoms with Gasteiger partial charge in [0.1, 0.15) is 18.9 Å². The van der Waals surface area contributed by atoms with Crippen molar-refractivity contribution in [1.82, 2.24) is 5.32 Å². The first-order chi connectivity index (χ1) is 12.9. The van der Waals surface area contributed by atoms with Crippen molar-refractivity contribution in [1.29, 1.82) is 0 Å². The fourth-order valence-corrected chi connectivity index (χ4v) is 2.81. The number of rotatable bonds is 3. The fraction of sp³-hybridized carbons (Fsp3) is 0.222. The first kappa shape index (κ1) is 18.6. The zero-order valence-corrected chi connectivity index (χ0v) is 15.5. The standard InChI is InChI=1S/C18H17N3O5S/c1-10-3-5-13(21(23)24)16(11(10)2)19-18(27)20-17(22)12-4-6-14-15(9-12)26-8-7-25-14/h3-6,9H,7-8H2,1-2H3,(H2,19,20,22,27). The van der Waals surface area contributed by atoms with Crippen LogP contribution in [0.15, 0.2) is 30.3 Å². The number of nitrogens with zero attached hydrogens (tertiary/aromatic N) is 1. The number of thiocarbonyl (C=S) groups is 1. The molecule has 2 N–H and O–H groups in total. The molecule has 1 aliphatic heterocycles. The molecule has 2 aromatic rings. The first-order valence-electron chi connectivity index (χ1n) is 8.13. The zero-order valence-electron chi connectivity index (χ0n) is 14.7. The number of aryl methyl sites for hydroxylation is 1. The fourth-order valence-electron chi connectivity index (χ4n) is 2.62. The molecule has 27 heavy (non-hydrogen) atoms. The van der Waals surface area contributed by atoms with Crippen LogP contribution in [-0.4, -0.2) is 29.2 Å². The molecule has 1 aliphatic rings. The number of nitro groups is 1. The quantitative estimate of drug-likeness (QED) is 0.474. The van der Waals surface area contributed by atoms with Gasteiger partial charge in [-0.05, 0) is 55.4 Å². The lowest BCUT2D eigenvalue weighted by Crippen LogP contribution is -2.34. The molecular weight excluding hydrogens is 370 g/mol. The average Bonchev–Trinajstić information content (AvgIpc) is 2.64. The van der Waals surface area contributed by atoms with Crippen molar-refractivity contribution >= 4 is 34.6 Å². The highest BCUT2D eigenvalue weighted by molar-refractivity contribution is 7.80. The molecule has 9 heteroatoms. The number of nitro benzene ring substituents is 1. The van der Waals surface area contributed by atoms with Crippen molar-refractivity contribution in [2.75, 3.05) is 18.5 Å². The summed E-state index contributed by atoms with van der Waals surface area (Å²) in [6, 6.07) is 7.86. The minimum absolute atomic E-state index is 0.0355. The summed E-state index contributed by atoms with van der Waals surface area (Å²) in [5, 5.41) is 16.5. The Kier molecular flexibility index (Phi) is 5.22. The number of ether oxygens (including phenoxy) is 2. The van der Waals surface area contributed by atoms with E-state index in [9.17, 15) is 14.9 Å². The van der Waals surface area contributed by atoms with Crippen molar-refractivity contribution in [3.63, 3.8) is 0 Å². The summed E-state index contributed by atoms with van der Waals surface area (Å²) in [6.45, 7) is 4.45. The third-order valence-corrected chi connectivity index (χ3v) is 4.38. The molecule has 0 aliphatic carbocycles. The zero-order chi connectivity index (χ0) is 19.6. The van der Waals surface area contributed by atoms with Crippen molar-refractivity contribution < 1.29 is 19.2 Å². The van der Waals surface area contributed by atoms with Gasteiger partial charge in [-0.2, -0.15) is 0 Å². The second kappa shape index (κ2) is 7.58. The second-order valence-electron chi connectivity index (χ2n) is 5.93. The Bertz CT molecular complexity index is 945. The van der Waals surface area contributed by atoms with Crippen LogP contribution in [0.5, 0.6) is 11.5 Å². The third kappa shape index (κ3) is 3.98. The predicted molar refractivity (Wildman–Crippen MR) is 104 cm³/mol. The molecule has 140 valence electrons. The minimum atomic E-state index is -0.500. The van der Waals surface area contributed by atoms with Gasteiger partial charge in [-0.25, -0.2) is 0 Å². The summed E-state index contributed by atoms with van der Waals surface area (Å²) < 4.78 is 10.9. The predicted octanol–water partition coefficient (Wildman–Crippen LogP) is 3.11. The molecule has 0 saturated heterocycles. The lowest BCUT2D eigenvalue weighted by atomic mass is 10.1. The maximum atomic E-state index is 12.4. The molecule has 8 nitrogen and oxygen atoms in total. The Balaban J connectivity index is 1.76. The van der Waals surface area contributed by atoms with Gasteiger partial charge >= 0.3 is 0 Å². The van der Waals surface area contributed by atoms with Gasteiger partial charge in [-0.15, -0.1) is 0 Å². The lowest BCUT2D eigenvalue weighted by molar-refractivity contribution is -0.383. The van der Waals surface area contributed by atoms with E-state index in [4.69, 9.17) is 21.7 Å². The summed E-state index contributed by atoms with van der Waals surface area (Å²) in [5.74, 6) is 0.597. The first-order valence-corrected chi connectivity index (χ1v) is 8.54. The molecule has 3 rings (SSSR count). The molecule has 0 bridgehead atoms. The molecule has 0 radical (unpaired) electrons. The van der Waals surface area contributed by atoms with Gasteiger partial charge in [-0.1, -0.05) is 6.07 Å². The van der Waals surface area contributed by atoms with Crippen LogP contribution in [0.2, 0.25) is 0 Å². The van der Waals surface area contributed by atoms with E-state index in [0.717, 1.165) is 5.56 Å². The number of amides is 1. The van der Waals surface area contributed by atoms with E-state index in [1.54, 1.807) is 31.2 Å². The monoisotopic (exact) mass is 387 g/mol. The highest BCUT2D eigenvalue weighted by Crippen LogP contribution is 2.31. The van der Waals surface area contributed by atoms with Gasteiger partial charge < -0.3 is 14.8 Å². The number of fused-ring (bicyclic) bond motifs is 1. The molecule has 2 aromatic carbocycles. The van der Waals surface area contributed by atoms with E-state index in [1.165, 1.54) is 6.07 Å². The molecule has 0 aromatic heterocycles. The Hall–Kier alpha value is -3.20. The highest BCUT2D eigenvalue weighted by atomic mass is 32.1. The van der Waals surface area contributed by atoms with E-state index in [-0.39, 0.29) is 16.5 Å². The molecule has 0 atom stereocenters. The van der Waals surface area contributed by atoms with Crippen molar-refractivity contribution in [2.45, 2.75) is 13.8 Å². The summed E-state index contributed by atoms with van der Waals surface area (Å²) in [7, 11) is 0. The molecule has 0 unspecified atom stereocenters. The number of hydrogen-bond donors (Lipinski definition) is 2. The maximum Gasteiger partial charge on any atom is 0.293 e. The van der Waals surface area contributed by atoms with Crippen LogP contribution in [-0.2, 0) is 0 Å². The molecule has 1 amide bonds. The van der Waals surface area contributed by atoms with Crippen LogP contribution < -0.4 is 20.1 Å². The summed E-state index contributed by atoms with van der Waals surface area (Å²) in [6.07, 6.45) is 0. The number of benzene rings is 2. The van der Waals surface area contributed by atoms with Crippen LogP contribution in [0, 0.1) is 24.0 Å². The number of hydrogen-bond acceptors (Lipinski definition) is 6. The molecule has 0 fully saturated rings. The number of nitrogens with one attached hydrogen (secondary N) is 2. The van der Waals surface area contributed by atoms with Gasteiger partial charge in [0.15, 0.2) is 16.6 Å². The van der Waals surface area contributed by atoms with Crippen LogP contribution in [0.4, 0.5) is 11.4 Å². The maximum absolute atomic E-state index is 12.4. The largest absolute Gasteiger partial charge is 0.486 e. The van der Waals surface area contributed by atoms with Crippen molar-refractivity contribution in [3.05, 3.63) is 57.1 Å². The van der Waals surface area contributed by atoms with Crippen molar-refractivity contribution in [3.8, 4) is 11.5 Å². The summed E-state index contributed by atoms with van der Waals surface area (Å²) >= 11 is 5.16. The molecule has 1 heterocycles. The Morgan fingerprint density at radius 3 is 2.56 bits per heavy atom. The van der Waals surface area contributed by atoms with E-state index < -0.39 is 10.8 Å². The van der Waals surface area contributed by atoms with E-state index in [2.05, 4.69) is 10.6 Å². The van der Waals surface area contributed by atoms with Crippen molar-refractivity contribution in [2.24, 2.45) is 0 Å². The van der Waals surface area contributed by atoms with Crippen LogP contribution in [0.3, 0.4) is 0 Å². The second-order valence-corrected chi connectivity index (χ2v) is 6.33. The number of carbonyl (C=O) groups excluding carboxylic acids is 1. The number of anilines is 1. The molecule has 0 saturated carbocycles. The van der Waals surface area contributed by atoms with Gasteiger partial charge in [0.25, 0.3) is 11.6 Å². The Labute approximate surface area is 160 Å². The Morgan fingerprint density at radius 2 is 1.85 bits per heavy atom. The third-order valence-electron chi connectivity index (χ3n) is 4.18. The smallest absolute Gasteiger partial charge is 0.293 e. The average molecular weight is 387 g/mol. The summed E-state index contributed by atoms with van der Waals surface area (Å²) in [5.41, 5.74) is 2.02.